The fourth-order valence-electron chi connectivity index (χ4n) is 9.65. The molecule has 0 saturated heterocycles. The molecule has 0 aliphatic heterocycles. The van der Waals surface area contributed by atoms with Crippen LogP contribution in [0.25, 0.3) is 0 Å². The zero-order valence-corrected chi connectivity index (χ0v) is 25.4. The van der Waals surface area contributed by atoms with Crippen molar-refractivity contribution in [3.05, 3.63) is 11.6 Å². The van der Waals surface area contributed by atoms with E-state index >= 15 is 0 Å². The van der Waals surface area contributed by atoms with Crippen molar-refractivity contribution >= 4 is 6.09 Å². The zero-order valence-electron chi connectivity index (χ0n) is 25.4. The van der Waals surface area contributed by atoms with Crippen molar-refractivity contribution in [2.75, 3.05) is 6.54 Å². The molecule has 3 nitrogen and oxygen atoms in total. The highest BCUT2D eigenvalue weighted by atomic mass is 16.6. The van der Waals surface area contributed by atoms with Gasteiger partial charge in [0.2, 0.25) is 0 Å². The van der Waals surface area contributed by atoms with Gasteiger partial charge in [0.05, 0.1) is 0 Å². The normalized spacial score (nSPS) is 38.0. The van der Waals surface area contributed by atoms with Crippen LogP contribution < -0.4 is 5.32 Å². The van der Waals surface area contributed by atoms with Gasteiger partial charge in [-0.1, -0.05) is 79.4 Å². The minimum Gasteiger partial charge on any atom is -0.446 e. The van der Waals surface area contributed by atoms with Crippen LogP contribution in [0, 0.1) is 52.3 Å². The topological polar surface area (TPSA) is 38.3 Å². The number of rotatable bonds is 10. The number of carbonyl (C=O) groups is 1. The summed E-state index contributed by atoms with van der Waals surface area (Å²) < 4.78 is 5.91. The van der Waals surface area contributed by atoms with E-state index < -0.39 is 0 Å². The molecule has 0 bridgehead atoms. The molecule has 4 aliphatic rings. The van der Waals surface area contributed by atoms with Crippen LogP contribution in [-0.2, 0) is 4.74 Å². The zero-order chi connectivity index (χ0) is 26.8. The molecule has 8 atom stereocenters. The van der Waals surface area contributed by atoms with Gasteiger partial charge in [-0.15, -0.1) is 0 Å². The van der Waals surface area contributed by atoms with Gasteiger partial charge in [0.25, 0.3) is 0 Å². The summed E-state index contributed by atoms with van der Waals surface area (Å²) in [6.07, 6.45) is 19.0. The quantitative estimate of drug-likeness (QED) is 0.233. The molecule has 1 N–H and O–H groups in total. The van der Waals surface area contributed by atoms with Gasteiger partial charge in [0, 0.05) is 13.0 Å². The van der Waals surface area contributed by atoms with E-state index in [0.717, 1.165) is 67.7 Å². The third-order valence-corrected chi connectivity index (χ3v) is 11.8. The van der Waals surface area contributed by atoms with Gasteiger partial charge in [0.15, 0.2) is 0 Å². The first-order valence-corrected chi connectivity index (χ1v) is 16.2. The summed E-state index contributed by atoms with van der Waals surface area (Å²) >= 11 is 0. The molecule has 0 heterocycles. The van der Waals surface area contributed by atoms with Gasteiger partial charge in [-0.2, -0.15) is 0 Å². The lowest BCUT2D eigenvalue weighted by Crippen LogP contribution is -2.51. The lowest BCUT2D eigenvalue weighted by Gasteiger charge is -2.58. The first-order valence-electron chi connectivity index (χ1n) is 16.2. The summed E-state index contributed by atoms with van der Waals surface area (Å²) in [5, 5.41) is 2.99. The minimum absolute atomic E-state index is 0.0531. The second kappa shape index (κ2) is 12.0. The minimum atomic E-state index is -0.209. The summed E-state index contributed by atoms with van der Waals surface area (Å²) in [5.41, 5.74) is 2.48. The third kappa shape index (κ3) is 6.27. The van der Waals surface area contributed by atoms with Crippen LogP contribution >= 0.6 is 0 Å². The molecule has 0 spiro atoms. The SMILES string of the molecule is CC(C)CCCNC(=O)O[C@H]1CC[C@@]2(C)C(=CCC3C4CCC(C(C)CCCC(C)C)[C@@]4(C)CCC32)C1. The van der Waals surface area contributed by atoms with Crippen molar-refractivity contribution in [2.45, 2.75) is 138 Å². The van der Waals surface area contributed by atoms with Crippen molar-refractivity contribution in [3.8, 4) is 0 Å². The summed E-state index contributed by atoms with van der Waals surface area (Å²) in [6.45, 7) is 17.8. The molecule has 0 aromatic carbocycles. The lowest BCUT2D eigenvalue weighted by atomic mass is 9.47. The third-order valence-electron chi connectivity index (χ3n) is 11.8. The van der Waals surface area contributed by atoms with E-state index in [1.165, 1.54) is 57.8 Å². The maximum atomic E-state index is 12.4. The smallest absolute Gasteiger partial charge is 0.407 e. The molecule has 3 fully saturated rings. The Morgan fingerprint density at radius 1 is 0.946 bits per heavy atom. The van der Waals surface area contributed by atoms with Crippen LogP contribution in [0.15, 0.2) is 11.6 Å². The number of hydrogen-bond acceptors (Lipinski definition) is 2. The second-order valence-corrected chi connectivity index (χ2v) is 15.0. The Labute approximate surface area is 229 Å². The van der Waals surface area contributed by atoms with E-state index in [1.807, 2.05) is 0 Å². The number of alkyl carbamates (subject to hydrolysis) is 1. The Morgan fingerprint density at radius 2 is 1.68 bits per heavy atom. The van der Waals surface area contributed by atoms with Gasteiger partial charge in [0.1, 0.15) is 6.10 Å². The number of fused-ring (bicyclic) bond motifs is 5. The Hall–Kier alpha value is -0.990. The Morgan fingerprint density at radius 3 is 2.41 bits per heavy atom. The molecular weight excluding hydrogens is 454 g/mol. The molecule has 0 radical (unpaired) electrons. The Balaban J connectivity index is 1.35. The average molecular weight is 514 g/mol. The number of ether oxygens (including phenoxy) is 1. The lowest BCUT2D eigenvalue weighted by molar-refractivity contribution is -0.0581. The van der Waals surface area contributed by atoms with E-state index in [0.29, 0.717) is 16.7 Å². The summed E-state index contributed by atoms with van der Waals surface area (Å²) in [7, 11) is 0. The van der Waals surface area contributed by atoms with Gasteiger partial charge >= 0.3 is 6.09 Å². The molecule has 4 aliphatic carbocycles. The predicted octanol–water partition coefficient (Wildman–Crippen LogP) is 9.56. The van der Waals surface area contributed by atoms with Crippen LogP contribution in [0.1, 0.15) is 132 Å². The number of allylic oxidation sites excluding steroid dienone is 1. The highest BCUT2D eigenvalue weighted by Gasteiger charge is 2.59. The summed E-state index contributed by atoms with van der Waals surface area (Å²) in [4.78, 5) is 12.4. The van der Waals surface area contributed by atoms with Gasteiger partial charge in [-0.05, 0) is 110 Å². The standard InChI is InChI=1S/C34H59NO2/c1-23(2)10-8-12-25(5)29-15-16-30-28-14-13-26-22-27(37-32(36)35-21-9-11-24(3)4)17-19-33(26,6)31(28)18-20-34(29,30)7/h13,23-25,27-31H,8-12,14-22H2,1-7H3,(H,35,36)/t25?,27-,28?,29?,30?,31?,33-,34+/m0/s1. The first kappa shape index (κ1) is 29.0. The van der Waals surface area contributed by atoms with Crippen LogP contribution in [0.4, 0.5) is 4.79 Å². The maximum absolute atomic E-state index is 12.4. The van der Waals surface area contributed by atoms with E-state index in [2.05, 4.69) is 59.9 Å². The molecular formula is C34H59NO2. The van der Waals surface area contributed by atoms with E-state index in [9.17, 15) is 4.79 Å². The highest BCUT2D eigenvalue weighted by molar-refractivity contribution is 5.67. The number of carbonyl (C=O) groups excluding carboxylic acids is 1. The number of amides is 1. The van der Waals surface area contributed by atoms with Crippen LogP contribution in [0.5, 0.6) is 0 Å². The van der Waals surface area contributed by atoms with Crippen LogP contribution in [0.2, 0.25) is 0 Å². The largest absolute Gasteiger partial charge is 0.446 e. The number of hydrogen-bond donors (Lipinski definition) is 1. The molecule has 4 rings (SSSR count). The molecule has 1 amide bonds. The first-order chi connectivity index (χ1) is 17.5. The molecule has 0 aromatic rings. The molecule has 212 valence electrons. The van der Waals surface area contributed by atoms with Gasteiger partial charge in [-0.3, -0.25) is 0 Å². The van der Waals surface area contributed by atoms with E-state index in [4.69, 9.17) is 4.74 Å². The average Bonchev–Trinajstić information content (AvgIpc) is 3.19. The predicted molar refractivity (Wildman–Crippen MR) is 155 cm³/mol. The highest BCUT2D eigenvalue weighted by Crippen LogP contribution is 2.67. The molecule has 3 heteroatoms. The fourth-order valence-corrected chi connectivity index (χ4v) is 9.65. The Bertz CT molecular complexity index is 802. The number of nitrogens with one attached hydrogen (secondary N) is 1. The van der Waals surface area contributed by atoms with Crippen molar-refractivity contribution in [2.24, 2.45) is 52.3 Å². The summed E-state index contributed by atoms with van der Waals surface area (Å²) in [5.74, 6) is 5.91. The molecule has 37 heavy (non-hydrogen) atoms. The van der Waals surface area contributed by atoms with E-state index in [1.54, 1.807) is 5.57 Å². The summed E-state index contributed by atoms with van der Waals surface area (Å²) in [6, 6.07) is 0. The maximum Gasteiger partial charge on any atom is 0.407 e. The van der Waals surface area contributed by atoms with Crippen molar-refractivity contribution in [3.63, 3.8) is 0 Å². The van der Waals surface area contributed by atoms with Gasteiger partial charge in [-0.25, -0.2) is 4.79 Å². The van der Waals surface area contributed by atoms with Crippen LogP contribution in [-0.4, -0.2) is 18.7 Å². The van der Waals surface area contributed by atoms with Crippen molar-refractivity contribution in [1.82, 2.24) is 5.32 Å². The monoisotopic (exact) mass is 513 g/mol. The van der Waals surface area contributed by atoms with Crippen molar-refractivity contribution < 1.29 is 9.53 Å². The van der Waals surface area contributed by atoms with Crippen LogP contribution in [0.3, 0.4) is 0 Å². The molecule has 3 saturated carbocycles. The van der Waals surface area contributed by atoms with Crippen molar-refractivity contribution in [1.29, 1.82) is 0 Å². The van der Waals surface area contributed by atoms with Gasteiger partial charge < -0.3 is 10.1 Å². The molecule has 5 unspecified atom stereocenters. The molecule has 0 aromatic heterocycles. The van der Waals surface area contributed by atoms with E-state index in [-0.39, 0.29) is 12.2 Å². The second-order valence-electron chi connectivity index (χ2n) is 15.0. The Kier molecular flexibility index (Phi) is 9.43. The fraction of sp³-hybridized carbons (Fsp3) is 0.912.